The second-order valence-electron chi connectivity index (χ2n) is 7.99. The first-order chi connectivity index (χ1) is 13.0. The monoisotopic (exact) mass is 362 g/mol. The molecule has 1 saturated carbocycles. The quantitative estimate of drug-likeness (QED) is 0.616. The predicted octanol–water partition coefficient (Wildman–Crippen LogP) is 4.76. The summed E-state index contributed by atoms with van der Waals surface area (Å²) in [6, 6.07) is 6.08. The van der Waals surface area contributed by atoms with Gasteiger partial charge in [0.05, 0.1) is 11.9 Å². The second kappa shape index (κ2) is 7.14. The van der Waals surface area contributed by atoms with E-state index in [9.17, 15) is 4.79 Å². The molecule has 2 heterocycles. The number of nitrogens with one attached hydrogen (secondary N) is 1. The lowest BCUT2D eigenvalue weighted by atomic mass is 9.98. The van der Waals surface area contributed by atoms with Gasteiger partial charge in [0, 0.05) is 36.5 Å². The first-order valence-corrected chi connectivity index (χ1v) is 9.73. The zero-order valence-corrected chi connectivity index (χ0v) is 16.2. The fourth-order valence-corrected chi connectivity index (χ4v) is 3.39. The van der Waals surface area contributed by atoms with E-state index >= 15 is 0 Å². The van der Waals surface area contributed by atoms with Crippen molar-refractivity contribution in [1.82, 2.24) is 14.4 Å². The fraction of sp³-hybridized carbons (Fsp3) is 0.409. The van der Waals surface area contributed by atoms with Gasteiger partial charge in [0.1, 0.15) is 0 Å². The van der Waals surface area contributed by atoms with Crippen LogP contribution in [-0.4, -0.2) is 26.7 Å². The van der Waals surface area contributed by atoms with Crippen LogP contribution in [-0.2, 0) is 0 Å². The van der Waals surface area contributed by atoms with Crippen molar-refractivity contribution >= 4 is 17.2 Å². The number of benzene rings is 1. The molecule has 140 valence electrons. The first kappa shape index (κ1) is 17.7. The van der Waals surface area contributed by atoms with Gasteiger partial charge in [-0.25, -0.2) is 9.97 Å². The molecule has 4 rings (SSSR count). The number of anilines is 1. The van der Waals surface area contributed by atoms with Crippen LogP contribution in [0, 0.1) is 18.8 Å². The number of imidazole rings is 1. The smallest absolute Gasteiger partial charge is 0.180 e. The number of carbonyl (C=O) groups is 1. The number of carbonyl (C=O) groups excluding carboxylic acids is 1. The second-order valence-corrected chi connectivity index (χ2v) is 7.99. The van der Waals surface area contributed by atoms with Gasteiger partial charge in [-0.05, 0) is 43.2 Å². The standard InChI is InChI=1S/C22H26N4O/c1-14(2)12-24-21-22-25-13-19(26(22)9-8-23-21)17-6-7-18(15(3)10-17)20(27)11-16-4-5-16/h6-10,13-14,16H,4-5,11-12H2,1-3H3,(H,23,24). The lowest BCUT2D eigenvalue weighted by Gasteiger charge is -2.10. The molecule has 1 aromatic carbocycles. The molecule has 27 heavy (non-hydrogen) atoms. The van der Waals surface area contributed by atoms with Crippen molar-refractivity contribution in [3.8, 4) is 11.3 Å². The number of aromatic nitrogens is 3. The van der Waals surface area contributed by atoms with E-state index < -0.39 is 0 Å². The van der Waals surface area contributed by atoms with Gasteiger partial charge in [0.25, 0.3) is 0 Å². The highest BCUT2D eigenvalue weighted by molar-refractivity contribution is 5.98. The molecular formula is C22H26N4O. The number of hydrogen-bond acceptors (Lipinski definition) is 4. The summed E-state index contributed by atoms with van der Waals surface area (Å²) in [6.45, 7) is 7.20. The van der Waals surface area contributed by atoms with Crippen LogP contribution in [0.1, 0.15) is 49.0 Å². The van der Waals surface area contributed by atoms with Gasteiger partial charge < -0.3 is 5.32 Å². The lowest BCUT2D eigenvalue weighted by molar-refractivity contribution is 0.0975. The van der Waals surface area contributed by atoms with Crippen molar-refractivity contribution in [3.63, 3.8) is 0 Å². The Kier molecular flexibility index (Phi) is 4.68. The SMILES string of the molecule is Cc1cc(-c2cnc3c(NCC(C)C)nccn23)ccc1C(=O)CC1CC1. The van der Waals surface area contributed by atoms with Gasteiger partial charge in [0.15, 0.2) is 17.2 Å². The Balaban J connectivity index is 1.65. The number of nitrogens with zero attached hydrogens (tertiary/aromatic N) is 3. The van der Waals surface area contributed by atoms with E-state index in [1.54, 1.807) is 6.20 Å². The average molecular weight is 362 g/mol. The fourth-order valence-electron chi connectivity index (χ4n) is 3.39. The number of rotatable bonds is 7. The van der Waals surface area contributed by atoms with Gasteiger partial charge in [-0.15, -0.1) is 0 Å². The Labute approximate surface area is 159 Å². The Morgan fingerprint density at radius 1 is 1.30 bits per heavy atom. The van der Waals surface area contributed by atoms with Crippen molar-refractivity contribution in [2.24, 2.45) is 11.8 Å². The minimum Gasteiger partial charge on any atom is -0.367 e. The topological polar surface area (TPSA) is 59.3 Å². The van der Waals surface area contributed by atoms with Gasteiger partial charge in [-0.1, -0.05) is 26.0 Å². The molecule has 3 aromatic rings. The molecule has 1 aliphatic rings. The number of aryl methyl sites for hydroxylation is 1. The van der Waals surface area contributed by atoms with Crippen molar-refractivity contribution in [1.29, 1.82) is 0 Å². The third-order valence-corrected chi connectivity index (χ3v) is 5.10. The van der Waals surface area contributed by atoms with Crippen LogP contribution in [0.3, 0.4) is 0 Å². The minimum atomic E-state index is 0.268. The van der Waals surface area contributed by atoms with Crippen LogP contribution in [0.5, 0.6) is 0 Å². The molecule has 0 atom stereocenters. The van der Waals surface area contributed by atoms with Crippen LogP contribution >= 0.6 is 0 Å². The van der Waals surface area contributed by atoms with E-state index in [0.29, 0.717) is 18.3 Å². The van der Waals surface area contributed by atoms with E-state index in [4.69, 9.17) is 0 Å². The molecule has 0 aliphatic heterocycles. The maximum absolute atomic E-state index is 12.5. The van der Waals surface area contributed by atoms with Gasteiger partial charge in [0.2, 0.25) is 0 Å². The van der Waals surface area contributed by atoms with E-state index in [-0.39, 0.29) is 5.78 Å². The predicted molar refractivity (Wildman–Crippen MR) is 108 cm³/mol. The van der Waals surface area contributed by atoms with Crippen molar-refractivity contribution in [2.75, 3.05) is 11.9 Å². The average Bonchev–Trinajstić information content (AvgIpc) is 3.34. The number of hydrogen-bond donors (Lipinski definition) is 1. The largest absolute Gasteiger partial charge is 0.367 e. The third-order valence-electron chi connectivity index (χ3n) is 5.10. The van der Waals surface area contributed by atoms with E-state index in [2.05, 4.69) is 39.6 Å². The van der Waals surface area contributed by atoms with Gasteiger partial charge in [-0.3, -0.25) is 9.20 Å². The Hall–Kier alpha value is -2.69. The molecule has 0 radical (unpaired) electrons. The Morgan fingerprint density at radius 3 is 2.81 bits per heavy atom. The molecule has 1 N–H and O–H groups in total. The van der Waals surface area contributed by atoms with E-state index in [0.717, 1.165) is 40.4 Å². The van der Waals surface area contributed by atoms with Crippen molar-refractivity contribution in [2.45, 2.75) is 40.0 Å². The molecule has 2 aromatic heterocycles. The summed E-state index contributed by atoms with van der Waals surface area (Å²) in [5, 5.41) is 3.37. The van der Waals surface area contributed by atoms with Gasteiger partial charge >= 0.3 is 0 Å². The summed E-state index contributed by atoms with van der Waals surface area (Å²) in [7, 11) is 0. The van der Waals surface area contributed by atoms with Crippen molar-refractivity contribution < 1.29 is 4.79 Å². The summed E-state index contributed by atoms with van der Waals surface area (Å²) in [6.07, 6.45) is 8.68. The lowest BCUT2D eigenvalue weighted by Crippen LogP contribution is -2.10. The maximum atomic E-state index is 12.5. The number of Topliss-reactive ketones (excluding diaryl/α,β-unsaturated/α-hetero) is 1. The normalized spacial score (nSPS) is 14.1. The van der Waals surface area contributed by atoms with E-state index in [1.807, 2.05) is 31.5 Å². The first-order valence-electron chi connectivity index (χ1n) is 9.73. The Morgan fingerprint density at radius 2 is 2.11 bits per heavy atom. The molecule has 0 unspecified atom stereocenters. The Bertz CT molecular complexity index is 985. The maximum Gasteiger partial charge on any atom is 0.180 e. The minimum absolute atomic E-state index is 0.268. The zero-order chi connectivity index (χ0) is 19.0. The highest BCUT2D eigenvalue weighted by Crippen LogP contribution is 2.34. The third kappa shape index (κ3) is 3.72. The summed E-state index contributed by atoms with van der Waals surface area (Å²) in [5.41, 5.74) is 4.76. The number of ketones is 1. The van der Waals surface area contributed by atoms with Crippen LogP contribution in [0.4, 0.5) is 5.82 Å². The van der Waals surface area contributed by atoms with Crippen LogP contribution in [0.25, 0.3) is 16.9 Å². The number of fused-ring (bicyclic) bond motifs is 1. The summed E-state index contributed by atoms with van der Waals surface area (Å²) < 4.78 is 2.05. The summed E-state index contributed by atoms with van der Waals surface area (Å²) in [5.74, 6) is 2.21. The molecule has 0 spiro atoms. The van der Waals surface area contributed by atoms with Gasteiger partial charge in [-0.2, -0.15) is 0 Å². The summed E-state index contributed by atoms with van der Waals surface area (Å²) >= 11 is 0. The van der Waals surface area contributed by atoms with Crippen LogP contribution in [0.2, 0.25) is 0 Å². The van der Waals surface area contributed by atoms with Crippen LogP contribution < -0.4 is 5.32 Å². The molecule has 0 saturated heterocycles. The molecule has 1 fully saturated rings. The van der Waals surface area contributed by atoms with Crippen molar-refractivity contribution in [3.05, 3.63) is 47.9 Å². The molecule has 1 aliphatic carbocycles. The van der Waals surface area contributed by atoms with Crippen LogP contribution in [0.15, 0.2) is 36.8 Å². The molecule has 0 amide bonds. The highest BCUT2D eigenvalue weighted by Gasteiger charge is 2.25. The molecular weight excluding hydrogens is 336 g/mol. The molecule has 5 heteroatoms. The highest BCUT2D eigenvalue weighted by atomic mass is 16.1. The zero-order valence-electron chi connectivity index (χ0n) is 16.2. The molecule has 0 bridgehead atoms. The molecule has 5 nitrogen and oxygen atoms in total. The van der Waals surface area contributed by atoms with E-state index in [1.165, 1.54) is 12.8 Å². The summed E-state index contributed by atoms with van der Waals surface area (Å²) in [4.78, 5) is 21.5.